The lowest BCUT2D eigenvalue weighted by Crippen LogP contribution is -2.50. The summed E-state index contributed by atoms with van der Waals surface area (Å²) in [6, 6.07) is 1.17. The lowest BCUT2D eigenvalue weighted by atomic mass is 10.1. The first-order chi connectivity index (χ1) is 11.0. The largest absolute Gasteiger partial charge is 0.475 e. The molecule has 3 N–H and O–H groups in total. The lowest BCUT2D eigenvalue weighted by Gasteiger charge is -2.34. The number of aryl methyl sites for hydroxylation is 1. The minimum atomic E-state index is -1.30. The quantitative estimate of drug-likeness (QED) is 0.731. The highest BCUT2D eigenvalue weighted by Gasteiger charge is 2.38. The second-order valence-corrected chi connectivity index (χ2v) is 6.40. The number of aromatic nitrogens is 3. The van der Waals surface area contributed by atoms with Gasteiger partial charge in [0.1, 0.15) is 23.7 Å². The molecule has 4 atom stereocenters. The predicted octanol–water partition coefficient (Wildman–Crippen LogP) is 0.156. The van der Waals surface area contributed by atoms with Crippen molar-refractivity contribution in [1.29, 1.82) is 0 Å². The number of aliphatic hydroxyl groups excluding tert-OH is 3. The zero-order chi connectivity index (χ0) is 16.6. The molecule has 1 aliphatic rings. The first-order valence-electron chi connectivity index (χ1n) is 6.92. The molecule has 7 nitrogen and oxygen atoms in total. The number of halogens is 1. The van der Waals surface area contributed by atoms with E-state index in [2.05, 4.69) is 10.1 Å². The summed E-state index contributed by atoms with van der Waals surface area (Å²) in [6.07, 6.45) is 0.904. The van der Waals surface area contributed by atoms with Gasteiger partial charge < -0.3 is 20.1 Å². The van der Waals surface area contributed by atoms with E-state index in [1.807, 2.05) is 0 Å². The van der Waals surface area contributed by atoms with Crippen molar-refractivity contribution in [3.63, 3.8) is 0 Å². The van der Waals surface area contributed by atoms with E-state index in [0.717, 1.165) is 11.8 Å². The molecule has 3 rings (SSSR count). The number of hydrogen-bond acceptors (Lipinski definition) is 7. The normalized spacial score (nSPS) is 27.9. The third-order valence-corrected chi connectivity index (χ3v) is 4.74. The van der Waals surface area contributed by atoms with Crippen molar-refractivity contribution in [3.05, 3.63) is 30.5 Å². The third kappa shape index (κ3) is 3.32. The van der Waals surface area contributed by atoms with Gasteiger partial charge in [-0.3, -0.25) is 4.68 Å². The van der Waals surface area contributed by atoms with Crippen molar-refractivity contribution >= 4 is 11.8 Å². The molecule has 0 amide bonds. The standard InChI is InChI=1S/C14H16FN3O4S/c1-18-5-7(3-17-18)11-9(15)2-8(4-16-11)22-14-13(21)12(20)10(19)6-23-14/h2-5,10,12-14,19-21H,6H2,1H3/t10-,12+,13-,14+/m1/s1. The van der Waals surface area contributed by atoms with Gasteiger partial charge in [-0.1, -0.05) is 0 Å². The molecule has 0 spiro atoms. The topological polar surface area (TPSA) is 101 Å². The van der Waals surface area contributed by atoms with E-state index in [1.165, 1.54) is 18.5 Å². The van der Waals surface area contributed by atoms with Crippen molar-refractivity contribution in [2.45, 2.75) is 23.7 Å². The van der Waals surface area contributed by atoms with Crippen LogP contribution in [0, 0.1) is 5.82 Å². The molecule has 3 heterocycles. The van der Waals surface area contributed by atoms with Crippen LogP contribution in [-0.2, 0) is 7.05 Å². The Kier molecular flexibility index (Phi) is 4.53. The number of pyridine rings is 1. The maximum absolute atomic E-state index is 14.2. The maximum Gasteiger partial charge on any atom is 0.173 e. The Bertz CT molecular complexity index is 698. The number of ether oxygens (including phenoxy) is 1. The van der Waals surface area contributed by atoms with E-state index < -0.39 is 29.6 Å². The summed E-state index contributed by atoms with van der Waals surface area (Å²) < 4.78 is 21.2. The Labute approximate surface area is 135 Å². The van der Waals surface area contributed by atoms with Gasteiger partial charge >= 0.3 is 0 Å². The molecule has 1 saturated heterocycles. The van der Waals surface area contributed by atoms with Crippen molar-refractivity contribution in [1.82, 2.24) is 14.8 Å². The molecule has 0 aliphatic carbocycles. The van der Waals surface area contributed by atoms with Crippen LogP contribution < -0.4 is 4.74 Å². The summed E-state index contributed by atoms with van der Waals surface area (Å²) in [4.78, 5) is 4.03. The van der Waals surface area contributed by atoms with Gasteiger partial charge in [0, 0.05) is 30.6 Å². The van der Waals surface area contributed by atoms with Crippen LogP contribution in [0.25, 0.3) is 11.3 Å². The zero-order valence-corrected chi connectivity index (χ0v) is 13.0. The van der Waals surface area contributed by atoms with Crippen LogP contribution in [0.1, 0.15) is 0 Å². The highest BCUT2D eigenvalue weighted by atomic mass is 32.2. The van der Waals surface area contributed by atoms with Crippen LogP contribution in [0.15, 0.2) is 24.7 Å². The minimum absolute atomic E-state index is 0.135. The Balaban J connectivity index is 1.76. The van der Waals surface area contributed by atoms with Gasteiger partial charge in [0.25, 0.3) is 0 Å². The number of aliphatic hydroxyl groups is 3. The van der Waals surface area contributed by atoms with Crippen LogP contribution in [0.3, 0.4) is 0 Å². The molecule has 0 radical (unpaired) electrons. The lowest BCUT2D eigenvalue weighted by molar-refractivity contribution is -0.0786. The van der Waals surface area contributed by atoms with E-state index in [1.54, 1.807) is 17.9 Å². The summed E-state index contributed by atoms with van der Waals surface area (Å²) in [5.41, 5.74) is -0.112. The molecule has 0 saturated carbocycles. The first-order valence-corrected chi connectivity index (χ1v) is 7.97. The fraction of sp³-hybridized carbons (Fsp3) is 0.429. The molecule has 0 unspecified atom stereocenters. The van der Waals surface area contributed by atoms with Crippen molar-refractivity contribution in [3.8, 4) is 17.0 Å². The average Bonchev–Trinajstić information content (AvgIpc) is 2.94. The molecule has 23 heavy (non-hydrogen) atoms. The molecule has 2 aromatic rings. The van der Waals surface area contributed by atoms with Crippen LogP contribution in [0.2, 0.25) is 0 Å². The number of thioether (sulfide) groups is 1. The first kappa shape index (κ1) is 16.2. The molecular formula is C14H16FN3O4S. The van der Waals surface area contributed by atoms with Gasteiger partial charge in [-0.2, -0.15) is 5.10 Å². The minimum Gasteiger partial charge on any atom is -0.475 e. The van der Waals surface area contributed by atoms with Crippen LogP contribution >= 0.6 is 11.8 Å². The summed E-state index contributed by atoms with van der Waals surface area (Å²) in [5, 5.41) is 33.0. The molecule has 1 fully saturated rings. The Hall–Kier alpha value is -1.68. The van der Waals surface area contributed by atoms with Gasteiger partial charge in [-0.05, 0) is 0 Å². The van der Waals surface area contributed by atoms with Gasteiger partial charge in [0.05, 0.1) is 18.5 Å². The Morgan fingerprint density at radius 1 is 1.30 bits per heavy atom. The molecule has 9 heteroatoms. The van der Waals surface area contributed by atoms with E-state index in [0.29, 0.717) is 5.56 Å². The monoisotopic (exact) mass is 341 g/mol. The number of nitrogens with zero attached hydrogens (tertiary/aromatic N) is 3. The molecule has 0 bridgehead atoms. The van der Waals surface area contributed by atoms with E-state index in [-0.39, 0.29) is 17.2 Å². The van der Waals surface area contributed by atoms with E-state index in [9.17, 15) is 19.7 Å². The molecule has 2 aromatic heterocycles. The Morgan fingerprint density at radius 3 is 2.74 bits per heavy atom. The fourth-order valence-corrected chi connectivity index (χ4v) is 3.38. The summed E-state index contributed by atoms with van der Waals surface area (Å²) >= 11 is 1.14. The van der Waals surface area contributed by atoms with Crippen LogP contribution in [0.4, 0.5) is 4.39 Å². The predicted molar refractivity (Wildman–Crippen MR) is 81.3 cm³/mol. The maximum atomic E-state index is 14.2. The molecule has 0 aromatic carbocycles. The highest BCUT2D eigenvalue weighted by Crippen LogP contribution is 2.30. The zero-order valence-electron chi connectivity index (χ0n) is 12.2. The number of rotatable bonds is 3. The summed E-state index contributed by atoms with van der Waals surface area (Å²) in [5.74, 6) is -0.228. The van der Waals surface area contributed by atoms with Crippen molar-refractivity contribution in [2.75, 3.05) is 5.75 Å². The SMILES string of the molecule is Cn1cc(-c2ncc(O[C@H]3SC[C@@H](O)[C@H](O)[C@H]3O)cc2F)cn1. The summed E-state index contributed by atoms with van der Waals surface area (Å²) in [7, 11) is 1.72. The van der Waals surface area contributed by atoms with Gasteiger partial charge in [0.2, 0.25) is 0 Å². The fourth-order valence-electron chi connectivity index (χ4n) is 2.26. The smallest absolute Gasteiger partial charge is 0.173 e. The van der Waals surface area contributed by atoms with Gasteiger partial charge in [0.15, 0.2) is 11.3 Å². The molecular weight excluding hydrogens is 325 g/mol. The highest BCUT2D eigenvalue weighted by molar-refractivity contribution is 7.99. The molecule has 1 aliphatic heterocycles. The third-order valence-electron chi connectivity index (χ3n) is 3.50. The Morgan fingerprint density at radius 2 is 2.09 bits per heavy atom. The van der Waals surface area contributed by atoms with E-state index >= 15 is 0 Å². The summed E-state index contributed by atoms with van der Waals surface area (Å²) in [6.45, 7) is 0. The average molecular weight is 341 g/mol. The van der Waals surface area contributed by atoms with Gasteiger partial charge in [-0.15, -0.1) is 11.8 Å². The van der Waals surface area contributed by atoms with Crippen molar-refractivity contribution in [2.24, 2.45) is 7.05 Å². The van der Waals surface area contributed by atoms with Crippen molar-refractivity contribution < 1.29 is 24.4 Å². The van der Waals surface area contributed by atoms with Crippen LogP contribution in [-0.4, -0.2) is 59.6 Å². The second kappa shape index (κ2) is 6.44. The molecule has 124 valence electrons. The van der Waals surface area contributed by atoms with Crippen LogP contribution in [0.5, 0.6) is 5.75 Å². The second-order valence-electron chi connectivity index (χ2n) is 5.27. The van der Waals surface area contributed by atoms with Gasteiger partial charge in [-0.25, -0.2) is 9.37 Å². The van der Waals surface area contributed by atoms with E-state index in [4.69, 9.17) is 4.74 Å². The number of hydrogen-bond donors (Lipinski definition) is 3.